The van der Waals surface area contributed by atoms with Gasteiger partial charge < -0.3 is 9.64 Å². The Morgan fingerprint density at radius 1 is 1.13 bits per heavy atom. The highest BCUT2D eigenvalue weighted by atomic mass is 16.5. The zero-order valence-corrected chi connectivity index (χ0v) is 18.4. The lowest BCUT2D eigenvalue weighted by Crippen LogP contribution is -2.49. The Labute approximate surface area is 178 Å². The summed E-state index contributed by atoms with van der Waals surface area (Å²) in [6, 6.07) is 8.59. The zero-order valence-electron chi connectivity index (χ0n) is 18.4. The Balaban J connectivity index is 1.24. The molecule has 0 spiro atoms. The van der Waals surface area contributed by atoms with Gasteiger partial charge in [-0.3, -0.25) is 14.4 Å². The molecular formula is C24H32N4O2. The van der Waals surface area contributed by atoms with Gasteiger partial charge in [0.25, 0.3) is 5.91 Å². The largest absolute Gasteiger partial charge is 0.493 e. The molecule has 3 heterocycles. The Morgan fingerprint density at radius 2 is 1.90 bits per heavy atom. The maximum atomic E-state index is 13.3. The van der Waals surface area contributed by atoms with E-state index < -0.39 is 0 Å². The van der Waals surface area contributed by atoms with Crippen LogP contribution in [-0.4, -0.2) is 58.3 Å². The smallest absolute Gasteiger partial charge is 0.272 e. The minimum atomic E-state index is -0.197. The number of nitrogens with zero attached hydrogens (tertiary/aromatic N) is 4. The molecule has 1 aromatic heterocycles. The van der Waals surface area contributed by atoms with Crippen LogP contribution in [0.1, 0.15) is 66.8 Å². The van der Waals surface area contributed by atoms with Crippen LogP contribution in [0.4, 0.5) is 0 Å². The van der Waals surface area contributed by atoms with E-state index in [-0.39, 0.29) is 11.4 Å². The van der Waals surface area contributed by atoms with E-state index in [4.69, 9.17) is 9.84 Å². The van der Waals surface area contributed by atoms with Crippen molar-refractivity contribution in [1.82, 2.24) is 19.6 Å². The van der Waals surface area contributed by atoms with Gasteiger partial charge in [0.2, 0.25) is 0 Å². The van der Waals surface area contributed by atoms with Gasteiger partial charge in [-0.25, -0.2) is 0 Å². The molecule has 30 heavy (non-hydrogen) atoms. The van der Waals surface area contributed by atoms with Gasteiger partial charge >= 0.3 is 0 Å². The van der Waals surface area contributed by atoms with Crippen LogP contribution in [0.2, 0.25) is 0 Å². The summed E-state index contributed by atoms with van der Waals surface area (Å²) in [5, 5.41) is 4.81. The number of benzene rings is 1. The monoisotopic (exact) mass is 408 g/mol. The highest BCUT2D eigenvalue weighted by molar-refractivity contribution is 5.93. The number of carbonyl (C=O) groups is 1. The molecule has 0 atom stereocenters. The summed E-state index contributed by atoms with van der Waals surface area (Å²) in [5.74, 6) is 1.71. The summed E-state index contributed by atoms with van der Waals surface area (Å²) in [4.78, 5) is 17.8. The SMILES string of the molecule is CC(C)(C)n1nc(C2CC2)cc1C(=O)N1CCN(Cc2ccc3c(c2)CCO3)CC1. The van der Waals surface area contributed by atoms with Crippen molar-refractivity contribution in [2.75, 3.05) is 32.8 Å². The summed E-state index contributed by atoms with van der Waals surface area (Å²) >= 11 is 0. The van der Waals surface area contributed by atoms with Gasteiger partial charge in [0.05, 0.1) is 17.8 Å². The first-order valence-electron chi connectivity index (χ1n) is 11.3. The molecule has 1 saturated carbocycles. The molecule has 0 unspecified atom stereocenters. The Morgan fingerprint density at radius 3 is 2.60 bits per heavy atom. The highest BCUT2D eigenvalue weighted by Gasteiger charge is 2.33. The maximum absolute atomic E-state index is 13.3. The van der Waals surface area contributed by atoms with Gasteiger partial charge in [-0.2, -0.15) is 5.10 Å². The van der Waals surface area contributed by atoms with Crippen LogP contribution in [0.25, 0.3) is 0 Å². The van der Waals surface area contributed by atoms with E-state index in [1.54, 1.807) is 0 Å². The average molecular weight is 409 g/mol. The van der Waals surface area contributed by atoms with Gasteiger partial charge in [0.1, 0.15) is 11.4 Å². The van der Waals surface area contributed by atoms with Crippen molar-refractivity contribution in [3.63, 3.8) is 0 Å². The molecule has 6 nitrogen and oxygen atoms in total. The van der Waals surface area contributed by atoms with Crippen LogP contribution in [0.15, 0.2) is 24.3 Å². The quantitative estimate of drug-likeness (QED) is 0.778. The molecule has 0 bridgehead atoms. The minimum Gasteiger partial charge on any atom is -0.493 e. The van der Waals surface area contributed by atoms with E-state index in [0.29, 0.717) is 5.92 Å². The fourth-order valence-corrected chi connectivity index (χ4v) is 4.51. The summed E-state index contributed by atoms with van der Waals surface area (Å²) < 4.78 is 7.56. The van der Waals surface area contributed by atoms with Crippen molar-refractivity contribution in [3.05, 3.63) is 46.8 Å². The number of piperazine rings is 1. The standard InChI is InChI=1S/C24H32N4O2/c1-24(2,3)28-21(15-20(25-28)18-5-6-18)23(29)27-11-9-26(10-12-27)16-17-4-7-22-19(14-17)8-13-30-22/h4,7,14-15,18H,5-6,8-13,16H2,1-3H3. The second kappa shape index (κ2) is 7.41. The topological polar surface area (TPSA) is 50.6 Å². The number of ether oxygens (including phenoxy) is 1. The van der Waals surface area contributed by atoms with Crippen molar-refractivity contribution in [3.8, 4) is 5.75 Å². The number of carbonyl (C=O) groups excluding carboxylic acids is 1. The number of hydrogen-bond acceptors (Lipinski definition) is 4. The molecule has 1 saturated heterocycles. The van der Waals surface area contributed by atoms with E-state index in [2.05, 4.69) is 43.9 Å². The maximum Gasteiger partial charge on any atom is 0.272 e. The fraction of sp³-hybridized carbons (Fsp3) is 0.583. The third kappa shape index (κ3) is 3.85. The molecule has 6 heteroatoms. The number of amides is 1. The van der Waals surface area contributed by atoms with Crippen LogP contribution >= 0.6 is 0 Å². The highest BCUT2D eigenvalue weighted by Crippen LogP contribution is 2.40. The van der Waals surface area contributed by atoms with E-state index in [9.17, 15) is 4.79 Å². The second-order valence-corrected chi connectivity index (χ2v) is 9.92. The molecule has 5 rings (SSSR count). The van der Waals surface area contributed by atoms with Gasteiger partial charge in [-0.05, 0) is 56.9 Å². The fourth-order valence-electron chi connectivity index (χ4n) is 4.51. The van der Waals surface area contributed by atoms with Gasteiger partial charge in [-0.1, -0.05) is 12.1 Å². The third-order valence-electron chi connectivity index (χ3n) is 6.40. The second-order valence-electron chi connectivity index (χ2n) is 9.92. The van der Waals surface area contributed by atoms with Crippen LogP contribution in [0, 0.1) is 0 Å². The molecule has 160 valence electrons. The van der Waals surface area contributed by atoms with Crippen molar-refractivity contribution < 1.29 is 9.53 Å². The Kier molecular flexibility index (Phi) is 4.85. The first-order valence-corrected chi connectivity index (χ1v) is 11.3. The Bertz CT molecular complexity index is 947. The van der Waals surface area contributed by atoms with Crippen molar-refractivity contribution in [2.24, 2.45) is 0 Å². The van der Waals surface area contributed by atoms with Gasteiger partial charge in [0, 0.05) is 45.1 Å². The molecular weight excluding hydrogens is 376 g/mol. The molecule has 0 N–H and O–H groups in total. The Hall–Kier alpha value is -2.34. The van der Waals surface area contributed by atoms with E-state index in [1.807, 2.05) is 15.6 Å². The number of aromatic nitrogens is 2. The third-order valence-corrected chi connectivity index (χ3v) is 6.40. The molecule has 1 aromatic carbocycles. The van der Waals surface area contributed by atoms with Crippen molar-refractivity contribution >= 4 is 5.91 Å². The normalized spacial score (nSPS) is 19.6. The summed E-state index contributed by atoms with van der Waals surface area (Å²) in [7, 11) is 0. The van der Waals surface area contributed by atoms with Crippen LogP contribution < -0.4 is 4.74 Å². The summed E-state index contributed by atoms with van der Waals surface area (Å²) in [6.07, 6.45) is 3.40. The van der Waals surface area contributed by atoms with Gasteiger partial charge in [-0.15, -0.1) is 0 Å². The number of fused-ring (bicyclic) bond motifs is 1. The number of hydrogen-bond donors (Lipinski definition) is 0. The molecule has 1 aliphatic carbocycles. The van der Waals surface area contributed by atoms with Gasteiger partial charge in [0.15, 0.2) is 0 Å². The van der Waals surface area contributed by atoms with Crippen LogP contribution in [0.5, 0.6) is 5.75 Å². The van der Waals surface area contributed by atoms with Crippen molar-refractivity contribution in [1.29, 1.82) is 0 Å². The molecule has 1 amide bonds. The predicted octanol–water partition coefficient (Wildman–Crippen LogP) is 3.41. The molecule has 2 aromatic rings. The predicted molar refractivity (Wildman–Crippen MR) is 116 cm³/mol. The first kappa shape index (κ1) is 19.6. The number of rotatable bonds is 4. The van der Waals surface area contributed by atoms with Crippen LogP contribution in [0.3, 0.4) is 0 Å². The molecule has 2 aliphatic heterocycles. The average Bonchev–Trinajstić information content (AvgIpc) is 3.28. The lowest BCUT2D eigenvalue weighted by molar-refractivity contribution is 0.0609. The molecule has 0 radical (unpaired) electrons. The molecule has 2 fully saturated rings. The first-order chi connectivity index (χ1) is 14.4. The summed E-state index contributed by atoms with van der Waals surface area (Å²) in [5.41, 5.74) is 4.29. The van der Waals surface area contributed by atoms with E-state index in [1.165, 1.54) is 24.0 Å². The van der Waals surface area contributed by atoms with Crippen LogP contribution in [-0.2, 0) is 18.5 Å². The summed E-state index contributed by atoms with van der Waals surface area (Å²) in [6.45, 7) is 11.4. The lowest BCUT2D eigenvalue weighted by atomic mass is 10.1. The van der Waals surface area contributed by atoms with E-state index in [0.717, 1.165) is 62.9 Å². The van der Waals surface area contributed by atoms with Crippen molar-refractivity contribution in [2.45, 2.75) is 58.0 Å². The minimum absolute atomic E-state index is 0.124. The van der Waals surface area contributed by atoms with E-state index >= 15 is 0 Å². The lowest BCUT2D eigenvalue weighted by Gasteiger charge is -2.35. The zero-order chi connectivity index (χ0) is 20.9. The molecule has 3 aliphatic rings.